The molecular weight excluding hydrogens is 280 g/mol. The fourth-order valence-electron chi connectivity index (χ4n) is 2.84. The Bertz CT molecular complexity index is 493. The van der Waals surface area contributed by atoms with Crippen molar-refractivity contribution in [3.63, 3.8) is 0 Å². The molecule has 1 saturated carbocycles. The van der Waals surface area contributed by atoms with E-state index >= 15 is 0 Å². The molecule has 0 heterocycles. The highest BCUT2D eigenvalue weighted by atomic mass is 16.5. The van der Waals surface area contributed by atoms with Crippen LogP contribution in [0, 0.1) is 12.8 Å². The van der Waals surface area contributed by atoms with Gasteiger partial charge in [0.05, 0.1) is 12.6 Å². The highest BCUT2D eigenvalue weighted by Crippen LogP contribution is 2.25. The lowest BCUT2D eigenvalue weighted by Crippen LogP contribution is -2.42. The van der Waals surface area contributed by atoms with Gasteiger partial charge in [0, 0.05) is 19.5 Å². The van der Waals surface area contributed by atoms with E-state index in [1.807, 2.05) is 31.2 Å². The van der Waals surface area contributed by atoms with Crippen LogP contribution < -0.4 is 10.1 Å². The van der Waals surface area contributed by atoms with Crippen molar-refractivity contribution in [1.29, 1.82) is 0 Å². The van der Waals surface area contributed by atoms with Crippen LogP contribution >= 0.6 is 0 Å². The number of amides is 2. The van der Waals surface area contributed by atoms with Gasteiger partial charge >= 0.3 is 6.03 Å². The standard InChI is InChI=1S/C17H26N2O3/c1-13-6-3-4-9-16(13)22-11-10-18-17(21)19(2)12-14-7-5-8-15(14)20/h3-4,6,9,14-15,20H,5,7-8,10-12H2,1-2H3,(H,18,21). The van der Waals surface area contributed by atoms with Crippen molar-refractivity contribution < 1.29 is 14.6 Å². The number of urea groups is 1. The molecule has 0 saturated heterocycles. The fraction of sp³-hybridized carbons (Fsp3) is 0.588. The molecule has 122 valence electrons. The lowest BCUT2D eigenvalue weighted by atomic mass is 10.1. The third-order valence-electron chi connectivity index (χ3n) is 4.20. The van der Waals surface area contributed by atoms with Gasteiger partial charge < -0.3 is 20.1 Å². The number of para-hydroxylation sites is 1. The van der Waals surface area contributed by atoms with Crippen LogP contribution in [0.2, 0.25) is 0 Å². The largest absolute Gasteiger partial charge is 0.491 e. The van der Waals surface area contributed by atoms with Gasteiger partial charge in [0.1, 0.15) is 12.4 Å². The molecule has 1 fully saturated rings. The van der Waals surface area contributed by atoms with E-state index in [1.165, 1.54) is 0 Å². The van der Waals surface area contributed by atoms with Crippen molar-refractivity contribution in [3.05, 3.63) is 29.8 Å². The van der Waals surface area contributed by atoms with Gasteiger partial charge in [-0.25, -0.2) is 4.79 Å². The van der Waals surface area contributed by atoms with Gasteiger partial charge in [0.2, 0.25) is 0 Å². The minimum Gasteiger partial charge on any atom is -0.491 e. The van der Waals surface area contributed by atoms with Crippen LogP contribution in [-0.2, 0) is 0 Å². The minimum atomic E-state index is -0.264. The van der Waals surface area contributed by atoms with Crippen LogP contribution in [0.5, 0.6) is 5.75 Å². The lowest BCUT2D eigenvalue weighted by molar-refractivity contribution is 0.113. The SMILES string of the molecule is Cc1ccccc1OCCNC(=O)N(C)CC1CCCC1O. The first-order valence-electron chi connectivity index (χ1n) is 7.93. The zero-order valence-electron chi connectivity index (χ0n) is 13.4. The summed E-state index contributed by atoms with van der Waals surface area (Å²) in [5.74, 6) is 1.05. The molecule has 2 amide bonds. The number of aryl methyl sites for hydroxylation is 1. The van der Waals surface area contributed by atoms with Crippen molar-refractivity contribution in [2.75, 3.05) is 26.7 Å². The summed E-state index contributed by atoms with van der Waals surface area (Å²) >= 11 is 0. The van der Waals surface area contributed by atoms with Crippen LogP contribution in [0.1, 0.15) is 24.8 Å². The number of hydrogen-bond acceptors (Lipinski definition) is 3. The molecule has 2 unspecified atom stereocenters. The molecule has 22 heavy (non-hydrogen) atoms. The van der Waals surface area contributed by atoms with E-state index in [1.54, 1.807) is 11.9 Å². The van der Waals surface area contributed by atoms with Crippen LogP contribution in [0.25, 0.3) is 0 Å². The van der Waals surface area contributed by atoms with E-state index in [-0.39, 0.29) is 18.1 Å². The maximum Gasteiger partial charge on any atom is 0.317 e. The Morgan fingerprint density at radius 1 is 1.41 bits per heavy atom. The number of carbonyl (C=O) groups excluding carboxylic acids is 1. The second-order valence-electron chi connectivity index (χ2n) is 5.98. The molecule has 0 bridgehead atoms. The molecule has 5 heteroatoms. The second kappa shape index (κ2) is 8.03. The van der Waals surface area contributed by atoms with Gasteiger partial charge in [-0.1, -0.05) is 24.6 Å². The Balaban J connectivity index is 1.66. The molecule has 1 aromatic carbocycles. The molecule has 1 aliphatic carbocycles. The number of nitrogens with one attached hydrogen (secondary N) is 1. The van der Waals surface area contributed by atoms with Gasteiger partial charge in [0.15, 0.2) is 0 Å². The summed E-state index contributed by atoms with van der Waals surface area (Å²) in [5, 5.41) is 12.6. The molecule has 0 radical (unpaired) electrons. The number of nitrogens with zero attached hydrogens (tertiary/aromatic N) is 1. The Labute approximate surface area is 132 Å². The van der Waals surface area contributed by atoms with Gasteiger partial charge in [-0.15, -0.1) is 0 Å². The van der Waals surface area contributed by atoms with Crippen LogP contribution in [0.4, 0.5) is 4.79 Å². The van der Waals surface area contributed by atoms with E-state index in [0.717, 1.165) is 30.6 Å². The quantitative estimate of drug-likeness (QED) is 0.792. The minimum absolute atomic E-state index is 0.118. The Morgan fingerprint density at radius 3 is 2.86 bits per heavy atom. The average Bonchev–Trinajstić information content (AvgIpc) is 2.90. The van der Waals surface area contributed by atoms with E-state index in [9.17, 15) is 9.90 Å². The molecule has 0 aromatic heterocycles. The zero-order chi connectivity index (χ0) is 15.9. The molecule has 2 N–H and O–H groups in total. The van der Waals surface area contributed by atoms with Crippen molar-refractivity contribution in [1.82, 2.24) is 10.2 Å². The third kappa shape index (κ3) is 4.63. The summed E-state index contributed by atoms with van der Waals surface area (Å²) in [4.78, 5) is 13.6. The van der Waals surface area contributed by atoms with Gasteiger partial charge in [-0.2, -0.15) is 0 Å². The van der Waals surface area contributed by atoms with E-state index in [2.05, 4.69) is 5.32 Å². The van der Waals surface area contributed by atoms with Gasteiger partial charge in [-0.05, 0) is 31.4 Å². The fourth-order valence-corrected chi connectivity index (χ4v) is 2.84. The topological polar surface area (TPSA) is 61.8 Å². The lowest BCUT2D eigenvalue weighted by Gasteiger charge is -2.23. The van der Waals surface area contributed by atoms with Crippen molar-refractivity contribution in [3.8, 4) is 5.75 Å². The number of benzene rings is 1. The smallest absolute Gasteiger partial charge is 0.317 e. The molecule has 2 atom stereocenters. The predicted molar refractivity (Wildman–Crippen MR) is 86.1 cm³/mol. The first-order valence-corrected chi connectivity index (χ1v) is 7.93. The number of hydrogen-bond donors (Lipinski definition) is 2. The monoisotopic (exact) mass is 306 g/mol. The second-order valence-corrected chi connectivity index (χ2v) is 5.98. The van der Waals surface area contributed by atoms with Gasteiger partial charge in [0.25, 0.3) is 0 Å². The van der Waals surface area contributed by atoms with Crippen molar-refractivity contribution in [2.24, 2.45) is 5.92 Å². The number of aliphatic hydroxyl groups excluding tert-OH is 1. The Kier molecular flexibility index (Phi) is 6.07. The summed E-state index contributed by atoms with van der Waals surface area (Å²) < 4.78 is 5.64. The Morgan fingerprint density at radius 2 is 2.18 bits per heavy atom. The predicted octanol–water partition coefficient (Wildman–Crippen LogP) is 2.18. The van der Waals surface area contributed by atoms with Crippen molar-refractivity contribution in [2.45, 2.75) is 32.3 Å². The number of ether oxygens (including phenoxy) is 1. The maximum atomic E-state index is 12.0. The molecule has 0 aliphatic heterocycles. The van der Waals surface area contributed by atoms with Crippen LogP contribution in [0.3, 0.4) is 0 Å². The maximum absolute atomic E-state index is 12.0. The molecule has 2 rings (SSSR count). The summed E-state index contributed by atoms with van der Waals surface area (Å²) in [6.45, 7) is 3.50. The third-order valence-corrected chi connectivity index (χ3v) is 4.20. The average molecular weight is 306 g/mol. The molecule has 5 nitrogen and oxygen atoms in total. The summed E-state index contributed by atoms with van der Waals surface area (Å²) in [5.41, 5.74) is 1.08. The number of rotatable bonds is 6. The van der Waals surface area contributed by atoms with E-state index in [0.29, 0.717) is 19.7 Å². The molecular formula is C17H26N2O3. The normalized spacial score (nSPS) is 20.7. The highest BCUT2D eigenvalue weighted by molar-refractivity contribution is 5.73. The number of carbonyl (C=O) groups is 1. The number of aliphatic hydroxyl groups is 1. The Hall–Kier alpha value is -1.75. The summed E-state index contributed by atoms with van der Waals surface area (Å²) in [6, 6.07) is 7.70. The molecule has 0 spiro atoms. The van der Waals surface area contributed by atoms with Gasteiger partial charge in [-0.3, -0.25) is 0 Å². The summed E-state index contributed by atoms with van der Waals surface area (Å²) in [6.07, 6.45) is 2.63. The van der Waals surface area contributed by atoms with E-state index in [4.69, 9.17) is 4.74 Å². The first-order chi connectivity index (χ1) is 10.6. The summed E-state index contributed by atoms with van der Waals surface area (Å²) in [7, 11) is 1.77. The van der Waals surface area contributed by atoms with E-state index < -0.39 is 0 Å². The highest BCUT2D eigenvalue weighted by Gasteiger charge is 2.27. The molecule has 1 aliphatic rings. The van der Waals surface area contributed by atoms with Crippen molar-refractivity contribution >= 4 is 6.03 Å². The zero-order valence-corrected chi connectivity index (χ0v) is 13.4. The van der Waals surface area contributed by atoms with Crippen LogP contribution in [-0.4, -0.2) is 48.9 Å². The first kappa shape index (κ1) is 16.6. The van der Waals surface area contributed by atoms with Crippen LogP contribution in [0.15, 0.2) is 24.3 Å². The molecule has 1 aromatic rings.